The third kappa shape index (κ3) is 6.65. The Hall–Kier alpha value is -0.820. The number of hydrogen-bond acceptors (Lipinski definition) is 14. The lowest BCUT2D eigenvalue weighted by atomic mass is 9.32. The highest BCUT2D eigenvalue weighted by atomic mass is 16.8. The maximum Gasteiger partial charge on any atom is 0.187 e. The molecule has 0 aromatic rings. The van der Waals surface area contributed by atoms with Gasteiger partial charge in [-0.1, -0.05) is 60.1 Å². The fraction of sp³-hybridized carbons (Fsp3) is 0.953. The van der Waals surface area contributed by atoms with Crippen molar-refractivity contribution in [1.29, 1.82) is 0 Å². The van der Waals surface area contributed by atoms with E-state index >= 15 is 0 Å². The van der Waals surface area contributed by atoms with Crippen LogP contribution in [0.5, 0.6) is 0 Å². The molecular weight excluding hydrogens is 740 g/mol. The van der Waals surface area contributed by atoms with Gasteiger partial charge in [0.2, 0.25) is 0 Å². The monoisotopic (exact) mass is 812 g/mol. The minimum Gasteiger partial charge on any atom is -0.394 e. The Morgan fingerprint density at radius 1 is 0.719 bits per heavy atom. The Bertz CT molecular complexity index is 1490. The fourth-order valence-electron chi connectivity index (χ4n) is 13.7. The number of aliphatic hydroxyl groups excluding tert-OH is 9. The average molecular weight is 813 g/mol. The van der Waals surface area contributed by atoms with Crippen molar-refractivity contribution in [1.82, 2.24) is 0 Å². The smallest absolute Gasteiger partial charge is 0.187 e. The van der Waals surface area contributed by atoms with Gasteiger partial charge in [-0.3, -0.25) is 0 Å². The first-order chi connectivity index (χ1) is 26.6. The highest BCUT2D eigenvalue weighted by Crippen LogP contribution is 2.76. The quantitative estimate of drug-likeness (QED) is 0.158. The molecule has 7 rings (SSSR count). The van der Waals surface area contributed by atoms with Crippen LogP contribution in [0.4, 0.5) is 0 Å². The Balaban J connectivity index is 1.22. The van der Waals surface area contributed by atoms with Gasteiger partial charge in [0.15, 0.2) is 12.6 Å². The van der Waals surface area contributed by atoms with Gasteiger partial charge in [0.1, 0.15) is 48.8 Å². The van der Waals surface area contributed by atoms with Gasteiger partial charge in [-0.2, -0.15) is 0 Å². The molecular formula is C43H72O14. The van der Waals surface area contributed by atoms with Gasteiger partial charge in [0, 0.05) is 30.3 Å². The van der Waals surface area contributed by atoms with E-state index in [9.17, 15) is 46.0 Å². The summed E-state index contributed by atoms with van der Waals surface area (Å²) in [6, 6.07) is 0. The zero-order chi connectivity index (χ0) is 41.8. The standard InChI is InChI=1S/C43H72O14/c1-38(2)11-13-43(20-54-37-34(32(51)30(49)25(19-45)56-37)57-36-33(52)31(50)29(48)24(18-44)55-36)14-12-40(5)21(22(43)17-38)15-23(53-8)35-41(40,6)10-9-26-39(3,4)27(46)16-28(47)42(26,35)7/h15,22-37,44-52H,9-14,16-20H2,1-8H3. The predicted octanol–water partition coefficient (Wildman–Crippen LogP) is 1.39. The summed E-state index contributed by atoms with van der Waals surface area (Å²) >= 11 is 0. The predicted molar refractivity (Wildman–Crippen MR) is 205 cm³/mol. The van der Waals surface area contributed by atoms with E-state index in [0.717, 1.165) is 44.9 Å². The third-order valence-electron chi connectivity index (χ3n) is 17.6. The summed E-state index contributed by atoms with van der Waals surface area (Å²) in [6.45, 7) is 14.9. The van der Waals surface area contributed by atoms with Crippen molar-refractivity contribution >= 4 is 0 Å². The van der Waals surface area contributed by atoms with E-state index < -0.39 is 92.2 Å². The third-order valence-corrected chi connectivity index (χ3v) is 17.6. The van der Waals surface area contributed by atoms with E-state index in [4.69, 9.17) is 23.7 Å². The Morgan fingerprint density at radius 2 is 1.33 bits per heavy atom. The van der Waals surface area contributed by atoms with E-state index in [0.29, 0.717) is 6.42 Å². The Kier molecular flexibility index (Phi) is 11.8. The lowest BCUT2D eigenvalue weighted by Crippen LogP contribution is -2.71. The molecule has 0 radical (unpaired) electrons. The molecule has 14 heteroatoms. The summed E-state index contributed by atoms with van der Waals surface area (Å²) in [6.07, 6.45) is -7.82. The SMILES string of the molecule is COC1C=C2C3CC(C)(C)CCC3(COC3OC(CO)C(O)C(O)C3OC3OC(CO)C(O)C(O)C3O)CCC2(C)C2(C)CCC3C(C)(C)C(O)CC(O)C3(C)C12. The van der Waals surface area contributed by atoms with Gasteiger partial charge in [-0.05, 0) is 78.4 Å². The summed E-state index contributed by atoms with van der Waals surface area (Å²) in [5.41, 5.74) is -0.321. The zero-order valence-electron chi connectivity index (χ0n) is 35.2. The van der Waals surface area contributed by atoms with Gasteiger partial charge >= 0.3 is 0 Å². The first kappa shape index (κ1) is 44.2. The molecule has 9 N–H and O–H groups in total. The van der Waals surface area contributed by atoms with Gasteiger partial charge in [0.05, 0.1) is 38.1 Å². The topological polar surface area (TPSA) is 228 Å². The van der Waals surface area contributed by atoms with E-state index in [1.807, 2.05) is 0 Å². The van der Waals surface area contributed by atoms with Crippen molar-refractivity contribution < 1.29 is 69.6 Å². The number of methoxy groups -OCH3 is 1. The molecule has 4 saturated carbocycles. The van der Waals surface area contributed by atoms with Crippen molar-refractivity contribution in [2.24, 2.45) is 50.2 Å². The minimum absolute atomic E-state index is 0.00363. The van der Waals surface area contributed by atoms with E-state index in [1.165, 1.54) is 5.57 Å². The largest absolute Gasteiger partial charge is 0.394 e. The molecule has 57 heavy (non-hydrogen) atoms. The van der Waals surface area contributed by atoms with Crippen molar-refractivity contribution in [3.05, 3.63) is 11.6 Å². The maximum absolute atomic E-state index is 12.0. The molecule has 0 aromatic heterocycles. The second-order valence-corrected chi connectivity index (χ2v) is 21.2. The zero-order valence-corrected chi connectivity index (χ0v) is 35.2. The highest BCUT2D eigenvalue weighted by molar-refractivity contribution is 5.36. The molecule has 5 aliphatic carbocycles. The molecule has 0 amide bonds. The average Bonchev–Trinajstić information content (AvgIpc) is 3.16. The van der Waals surface area contributed by atoms with Crippen molar-refractivity contribution in [3.8, 4) is 0 Å². The molecule has 14 nitrogen and oxygen atoms in total. The summed E-state index contributed by atoms with van der Waals surface area (Å²) in [5, 5.41) is 96.9. The maximum atomic E-state index is 12.0. The van der Waals surface area contributed by atoms with Crippen LogP contribution in [0, 0.1) is 50.2 Å². The Labute approximate surface area is 337 Å². The van der Waals surface area contributed by atoms with Crippen LogP contribution in [0.25, 0.3) is 0 Å². The summed E-state index contributed by atoms with van der Waals surface area (Å²) in [4.78, 5) is 0. The van der Waals surface area contributed by atoms with Crippen LogP contribution >= 0.6 is 0 Å². The molecule has 0 spiro atoms. The minimum atomic E-state index is -1.76. The number of rotatable bonds is 8. The number of ether oxygens (including phenoxy) is 5. The van der Waals surface area contributed by atoms with Gasteiger partial charge in [-0.25, -0.2) is 0 Å². The molecule has 20 atom stereocenters. The van der Waals surface area contributed by atoms with Crippen LogP contribution in [0.15, 0.2) is 11.6 Å². The first-order valence-electron chi connectivity index (χ1n) is 21.4. The highest BCUT2D eigenvalue weighted by Gasteiger charge is 2.72. The van der Waals surface area contributed by atoms with Crippen molar-refractivity contribution in [3.63, 3.8) is 0 Å². The molecule has 20 unspecified atom stereocenters. The molecule has 328 valence electrons. The molecule has 0 aromatic carbocycles. The summed E-state index contributed by atoms with van der Waals surface area (Å²) in [5.74, 6) is 0.185. The number of hydrogen-bond donors (Lipinski definition) is 9. The van der Waals surface area contributed by atoms with Crippen LogP contribution in [-0.2, 0) is 23.7 Å². The van der Waals surface area contributed by atoms with Crippen molar-refractivity contribution in [2.45, 2.75) is 180 Å². The number of fused-ring (bicyclic) bond motifs is 7. The molecule has 2 heterocycles. The van der Waals surface area contributed by atoms with Gasteiger partial charge in [0.25, 0.3) is 0 Å². The first-order valence-corrected chi connectivity index (χ1v) is 21.4. The molecule has 7 aliphatic rings. The molecule has 6 fully saturated rings. The van der Waals surface area contributed by atoms with Crippen LogP contribution in [-0.4, -0.2) is 153 Å². The van der Waals surface area contributed by atoms with Crippen LogP contribution < -0.4 is 0 Å². The van der Waals surface area contributed by atoms with Gasteiger partial charge in [-0.15, -0.1) is 0 Å². The van der Waals surface area contributed by atoms with E-state index in [2.05, 4.69) is 54.5 Å². The second-order valence-electron chi connectivity index (χ2n) is 21.2. The molecule has 2 saturated heterocycles. The number of allylic oxidation sites excluding steroid dienone is 1. The van der Waals surface area contributed by atoms with E-state index in [-0.39, 0.29) is 57.5 Å². The summed E-state index contributed by atoms with van der Waals surface area (Å²) < 4.78 is 30.9. The summed E-state index contributed by atoms with van der Waals surface area (Å²) in [7, 11) is 1.77. The second kappa shape index (κ2) is 15.2. The molecule has 0 bridgehead atoms. The Morgan fingerprint density at radius 3 is 1.96 bits per heavy atom. The molecule has 2 aliphatic heterocycles. The number of aliphatic hydroxyl groups is 9. The van der Waals surface area contributed by atoms with E-state index in [1.54, 1.807) is 7.11 Å². The van der Waals surface area contributed by atoms with Crippen molar-refractivity contribution in [2.75, 3.05) is 26.9 Å². The van der Waals surface area contributed by atoms with Crippen LogP contribution in [0.2, 0.25) is 0 Å². The lowest BCUT2D eigenvalue weighted by Gasteiger charge is -2.73. The fourth-order valence-corrected chi connectivity index (χ4v) is 13.7. The van der Waals surface area contributed by atoms with Gasteiger partial charge < -0.3 is 69.6 Å². The van der Waals surface area contributed by atoms with Crippen LogP contribution in [0.3, 0.4) is 0 Å². The lowest BCUT2D eigenvalue weighted by molar-refractivity contribution is -0.370. The van der Waals surface area contributed by atoms with Crippen LogP contribution in [0.1, 0.15) is 99.8 Å². The normalized spacial score (nSPS) is 54.4.